The van der Waals surface area contributed by atoms with E-state index in [1.165, 1.54) is 6.42 Å². The first-order valence-electron chi connectivity index (χ1n) is 6.31. The Morgan fingerprint density at radius 2 is 2.22 bits per heavy atom. The van der Waals surface area contributed by atoms with Crippen molar-refractivity contribution >= 4 is 5.82 Å². The molecule has 18 heavy (non-hydrogen) atoms. The standard InChI is InChI=1S/C14H16N4/c1-11-4-2-6-14(17-11)18-9-3-5-13(18)12-7-8-15-10-16-12/h2,4,6-8,10,13H,3,5,9H2,1H3/t13-/m1/s1. The van der Waals surface area contributed by atoms with Gasteiger partial charge in [0.1, 0.15) is 12.1 Å². The van der Waals surface area contributed by atoms with E-state index in [0.717, 1.165) is 30.2 Å². The summed E-state index contributed by atoms with van der Waals surface area (Å²) in [6.45, 7) is 3.07. The number of aryl methyl sites for hydroxylation is 1. The summed E-state index contributed by atoms with van der Waals surface area (Å²) in [5, 5.41) is 0. The molecule has 1 saturated heterocycles. The smallest absolute Gasteiger partial charge is 0.129 e. The average Bonchev–Trinajstić information content (AvgIpc) is 2.89. The summed E-state index contributed by atoms with van der Waals surface area (Å²) in [4.78, 5) is 15.3. The zero-order valence-corrected chi connectivity index (χ0v) is 10.5. The molecule has 1 aliphatic rings. The highest BCUT2D eigenvalue weighted by molar-refractivity contribution is 5.43. The van der Waals surface area contributed by atoms with Gasteiger partial charge in [0.2, 0.25) is 0 Å². The lowest BCUT2D eigenvalue weighted by Crippen LogP contribution is -2.24. The molecule has 3 rings (SSSR count). The van der Waals surface area contributed by atoms with Crippen molar-refractivity contribution in [2.24, 2.45) is 0 Å². The second-order valence-corrected chi connectivity index (χ2v) is 4.62. The fourth-order valence-corrected chi connectivity index (χ4v) is 2.54. The van der Waals surface area contributed by atoms with Crippen molar-refractivity contribution in [3.63, 3.8) is 0 Å². The van der Waals surface area contributed by atoms with Crippen LogP contribution in [0.2, 0.25) is 0 Å². The molecule has 0 aromatic carbocycles. The van der Waals surface area contributed by atoms with Gasteiger partial charge in [0, 0.05) is 18.4 Å². The van der Waals surface area contributed by atoms with Crippen molar-refractivity contribution in [1.29, 1.82) is 0 Å². The minimum atomic E-state index is 0.335. The van der Waals surface area contributed by atoms with Crippen molar-refractivity contribution in [3.05, 3.63) is 48.2 Å². The number of hydrogen-bond acceptors (Lipinski definition) is 4. The Labute approximate surface area is 107 Å². The van der Waals surface area contributed by atoms with E-state index in [1.54, 1.807) is 6.33 Å². The van der Waals surface area contributed by atoms with Crippen molar-refractivity contribution in [2.75, 3.05) is 11.4 Å². The van der Waals surface area contributed by atoms with Crippen LogP contribution < -0.4 is 4.90 Å². The number of aromatic nitrogens is 3. The van der Waals surface area contributed by atoms with Gasteiger partial charge in [0.05, 0.1) is 11.7 Å². The lowest BCUT2D eigenvalue weighted by molar-refractivity contribution is 0.684. The maximum Gasteiger partial charge on any atom is 0.129 e. The molecule has 0 radical (unpaired) electrons. The number of pyridine rings is 1. The summed E-state index contributed by atoms with van der Waals surface area (Å²) >= 11 is 0. The number of rotatable bonds is 2. The maximum absolute atomic E-state index is 4.61. The number of hydrogen-bond donors (Lipinski definition) is 0. The van der Waals surface area contributed by atoms with Crippen LogP contribution in [0.5, 0.6) is 0 Å². The van der Waals surface area contributed by atoms with E-state index in [9.17, 15) is 0 Å². The predicted octanol–water partition coefficient (Wildman–Crippen LogP) is 2.52. The van der Waals surface area contributed by atoms with Crippen LogP contribution in [-0.2, 0) is 0 Å². The molecule has 0 spiro atoms. The van der Waals surface area contributed by atoms with Crippen molar-refractivity contribution < 1.29 is 0 Å². The molecule has 0 amide bonds. The maximum atomic E-state index is 4.61. The molecule has 1 fully saturated rings. The third kappa shape index (κ3) is 2.06. The molecule has 4 heteroatoms. The summed E-state index contributed by atoms with van der Waals surface area (Å²) in [6.07, 6.45) is 5.74. The first kappa shape index (κ1) is 11.1. The van der Waals surface area contributed by atoms with Gasteiger partial charge in [-0.1, -0.05) is 6.07 Å². The highest BCUT2D eigenvalue weighted by atomic mass is 15.2. The van der Waals surface area contributed by atoms with E-state index in [2.05, 4.69) is 32.0 Å². The van der Waals surface area contributed by atoms with E-state index in [4.69, 9.17) is 0 Å². The molecule has 4 nitrogen and oxygen atoms in total. The van der Waals surface area contributed by atoms with Crippen LogP contribution in [0.1, 0.15) is 30.3 Å². The monoisotopic (exact) mass is 240 g/mol. The molecule has 0 saturated carbocycles. The van der Waals surface area contributed by atoms with Crippen LogP contribution in [0.3, 0.4) is 0 Å². The van der Waals surface area contributed by atoms with Crippen molar-refractivity contribution in [2.45, 2.75) is 25.8 Å². The zero-order valence-electron chi connectivity index (χ0n) is 10.5. The van der Waals surface area contributed by atoms with Crippen molar-refractivity contribution in [1.82, 2.24) is 15.0 Å². The van der Waals surface area contributed by atoms with Gasteiger partial charge in [0.15, 0.2) is 0 Å². The molecule has 2 aromatic rings. The third-order valence-electron chi connectivity index (χ3n) is 3.37. The van der Waals surface area contributed by atoms with Crippen LogP contribution in [0.25, 0.3) is 0 Å². The van der Waals surface area contributed by atoms with Gasteiger partial charge in [0.25, 0.3) is 0 Å². The zero-order chi connectivity index (χ0) is 12.4. The van der Waals surface area contributed by atoms with E-state index in [0.29, 0.717) is 6.04 Å². The van der Waals surface area contributed by atoms with Crippen LogP contribution in [0.4, 0.5) is 5.82 Å². The third-order valence-corrected chi connectivity index (χ3v) is 3.37. The number of anilines is 1. The molecule has 92 valence electrons. The Kier molecular flexibility index (Phi) is 2.92. The lowest BCUT2D eigenvalue weighted by Gasteiger charge is -2.25. The molecule has 0 unspecified atom stereocenters. The quantitative estimate of drug-likeness (QED) is 0.809. The Morgan fingerprint density at radius 3 is 3.00 bits per heavy atom. The lowest BCUT2D eigenvalue weighted by atomic mass is 10.1. The molecule has 2 aromatic heterocycles. The molecule has 0 bridgehead atoms. The molecular weight excluding hydrogens is 224 g/mol. The molecule has 3 heterocycles. The van der Waals surface area contributed by atoms with E-state index in [1.807, 2.05) is 25.3 Å². The Hall–Kier alpha value is -1.97. The summed E-state index contributed by atoms with van der Waals surface area (Å²) in [6, 6.07) is 8.50. The van der Waals surface area contributed by atoms with Crippen LogP contribution in [0.15, 0.2) is 36.8 Å². The number of nitrogens with zero attached hydrogens (tertiary/aromatic N) is 4. The van der Waals surface area contributed by atoms with E-state index in [-0.39, 0.29) is 0 Å². The van der Waals surface area contributed by atoms with Crippen LogP contribution in [-0.4, -0.2) is 21.5 Å². The molecule has 0 aliphatic carbocycles. The average molecular weight is 240 g/mol. The Bertz CT molecular complexity index is 526. The highest BCUT2D eigenvalue weighted by Gasteiger charge is 2.27. The van der Waals surface area contributed by atoms with Gasteiger partial charge in [-0.3, -0.25) is 0 Å². The molecule has 1 atom stereocenters. The van der Waals surface area contributed by atoms with E-state index < -0.39 is 0 Å². The SMILES string of the molecule is Cc1cccc(N2CCC[C@@H]2c2ccncn2)n1. The highest BCUT2D eigenvalue weighted by Crippen LogP contribution is 2.33. The van der Waals surface area contributed by atoms with Gasteiger partial charge in [-0.2, -0.15) is 0 Å². The van der Waals surface area contributed by atoms with E-state index >= 15 is 0 Å². The summed E-state index contributed by atoms with van der Waals surface area (Å²) in [5.41, 5.74) is 2.15. The fraction of sp³-hybridized carbons (Fsp3) is 0.357. The topological polar surface area (TPSA) is 41.9 Å². The van der Waals surface area contributed by atoms with Crippen molar-refractivity contribution in [3.8, 4) is 0 Å². The van der Waals surface area contributed by atoms with Gasteiger partial charge < -0.3 is 4.90 Å². The van der Waals surface area contributed by atoms with Crippen LogP contribution >= 0.6 is 0 Å². The molecular formula is C14H16N4. The predicted molar refractivity (Wildman–Crippen MR) is 70.3 cm³/mol. The normalized spacial score (nSPS) is 19.2. The summed E-state index contributed by atoms with van der Waals surface area (Å²) in [7, 11) is 0. The summed E-state index contributed by atoms with van der Waals surface area (Å²) < 4.78 is 0. The van der Waals surface area contributed by atoms with Crippen LogP contribution in [0, 0.1) is 6.92 Å². The second kappa shape index (κ2) is 4.72. The van der Waals surface area contributed by atoms with Gasteiger partial charge in [-0.05, 0) is 38.0 Å². The first-order valence-corrected chi connectivity index (χ1v) is 6.31. The molecule has 1 aliphatic heterocycles. The Morgan fingerprint density at radius 1 is 1.28 bits per heavy atom. The molecule has 0 N–H and O–H groups in total. The first-order chi connectivity index (χ1) is 8.84. The largest absolute Gasteiger partial charge is 0.348 e. The van der Waals surface area contributed by atoms with Gasteiger partial charge in [-0.25, -0.2) is 15.0 Å². The second-order valence-electron chi connectivity index (χ2n) is 4.62. The minimum Gasteiger partial charge on any atom is -0.348 e. The minimum absolute atomic E-state index is 0.335. The summed E-state index contributed by atoms with van der Waals surface area (Å²) in [5.74, 6) is 1.05. The van der Waals surface area contributed by atoms with Gasteiger partial charge >= 0.3 is 0 Å². The van der Waals surface area contributed by atoms with Gasteiger partial charge in [-0.15, -0.1) is 0 Å². The fourth-order valence-electron chi connectivity index (χ4n) is 2.54. The Balaban J connectivity index is 1.92.